The quantitative estimate of drug-likeness (QED) is 0.599. The maximum Gasteiger partial charge on any atom is 0.323 e. The third-order valence-corrected chi connectivity index (χ3v) is 5.78. The van der Waals surface area contributed by atoms with Crippen LogP contribution in [0.1, 0.15) is 11.1 Å². The molecule has 1 aliphatic rings. The number of aryl methyl sites for hydroxylation is 1. The first kappa shape index (κ1) is 22.3. The average Bonchev–Trinajstić information content (AvgIpc) is 2.83. The van der Waals surface area contributed by atoms with Gasteiger partial charge in [0.15, 0.2) is 0 Å². The summed E-state index contributed by atoms with van der Waals surface area (Å²) in [6.07, 6.45) is 0.283. The molecule has 0 saturated carbocycles. The molecule has 1 saturated heterocycles. The molecule has 1 fully saturated rings. The number of rotatable bonds is 5. The summed E-state index contributed by atoms with van der Waals surface area (Å²) < 4.78 is 13.0. The van der Waals surface area contributed by atoms with Crippen LogP contribution >= 0.6 is 0 Å². The fourth-order valence-corrected chi connectivity index (χ4v) is 3.86. The van der Waals surface area contributed by atoms with Crippen molar-refractivity contribution in [2.24, 2.45) is 0 Å². The van der Waals surface area contributed by atoms with Gasteiger partial charge in [0.1, 0.15) is 5.82 Å². The molecule has 1 aliphatic heterocycles. The Bertz CT molecular complexity index is 1110. The van der Waals surface area contributed by atoms with E-state index in [2.05, 4.69) is 15.5 Å². The second kappa shape index (κ2) is 10.2. The number of piperazine rings is 1. The van der Waals surface area contributed by atoms with Crippen LogP contribution in [0, 0.1) is 12.7 Å². The highest BCUT2D eigenvalue weighted by Crippen LogP contribution is 2.21. The molecule has 170 valence electrons. The number of hydrogen-bond acceptors (Lipinski definition) is 3. The highest BCUT2D eigenvalue weighted by atomic mass is 19.1. The summed E-state index contributed by atoms with van der Waals surface area (Å²) in [5, 5.41) is 5.71. The molecule has 7 heteroatoms. The summed E-state index contributed by atoms with van der Waals surface area (Å²) in [6.45, 7) is 4.68. The number of nitrogens with zero attached hydrogens (tertiary/aromatic N) is 2. The molecule has 0 spiro atoms. The zero-order valence-electron chi connectivity index (χ0n) is 18.6. The third-order valence-electron chi connectivity index (χ3n) is 5.78. The molecule has 33 heavy (non-hydrogen) atoms. The number of hydrogen-bond donors (Lipinski definition) is 2. The van der Waals surface area contributed by atoms with Crippen LogP contribution in [0.15, 0.2) is 72.8 Å². The van der Waals surface area contributed by atoms with Crippen LogP contribution in [0.25, 0.3) is 0 Å². The number of anilines is 3. The van der Waals surface area contributed by atoms with E-state index in [4.69, 9.17) is 0 Å². The van der Waals surface area contributed by atoms with E-state index in [0.29, 0.717) is 18.8 Å². The molecule has 0 aromatic heterocycles. The molecular weight excluding hydrogens is 419 g/mol. The summed E-state index contributed by atoms with van der Waals surface area (Å²) in [6, 6.07) is 21.1. The van der Waals surface area contributed by atoms with Gasteiger partial charge in [0.2, 0.25) is 5.91 Å². The second-order valence-electron chi connectivity index (χ2n) is 8.11. The lowest BCUT2D eigenvalue weighted by Crippen LogP contribution is -2.49. The van der Waals surface area contributed by atoms with E-state index >= 15 is 0 Å². The van der Waals surface area contributed by atoms with Gasteiger partial charge in [0.05, 0.1) is 6.42 Å². The summed E-state index contributed by atoms with van der Waals surface area (Å²) in [5.41, 5.74) is 4.35. The van der Waals surface area contributed by atoms with Gasteiger partial charge in [-0.05, 0) is 60.5 Å². The maximum absolute atomic E-state index is 13.0. The van der Waals surface area contributed by atoms with E-state index in [9.17, 15) is 14.0 Å². The fourth-order valence-electron chi connectivity index (χ4n) is 3.86. The van der Waals surface area contributed by atoms with Crippen molar-refractivity contribution >= 4 is 29.0 Å². The minimum absolute atomic E-state index is 0.0560. The zero-order valence-corrected chi connectivity index (χ0v) is 18.6. The summed E-state index contributed by atoms with van der Waals surface area (Å²) in [7, 11) is 0. The van der Waals surface area contributed by atoms with Crippen LogP contribution in [-0.4, -0.2) is 43.0 Å². The fraction of sp³-hybridized carbons (Fsp3) is 0.231. The molecule has 6 nitrogen and oxygen atoms in total. The van der Waals surface area contributed by atoms with Crippen molar-refractivity contribution < 1.29 is 14.0 Å². The Morgan fingerprint density at radius 2 is 1.52 bits per heavy atom. The molecule has 4 rings (SSSR count). The van der Waals surface area contributed by atoms with Crippen LogP contribution in [0.2, 0.25) is 0 Å². The van der Waals surface area contributed by atoms with Gasteiger partial charge < -0.3 is 20.4 Å². The van der Waals surface area contributed by atoms with Crippen molar-refractivity contribution in [3.8, 4) is 0 Å². The monoisotopic (exact) mass is 446 g/mol. The van der Waals surface area contributed by atoms with Crippen molar-refractivity contribution in [1.82, 2.24) is 4.90 Å². The lowest BCUT2D eigenvalue weighted by molar-refractivity contribution is -0.130. The molecule has 3 aromatic carbocycles. The van der Waals surface area contributed by atoms with E-state index in [1.54, 1.807) is 12.1 Å². The summed E-state index contributed by atoms with van der Waals surface area (Å²) in [4.78, 5) is 28.9. The van der Waals surface area contributed by atoms with Gasteiger partial charge in [-0.15, -0.1) is 0 Å². The Morgan fingerprint density at radius 1 is 0.848 bits per heavy atom. The Morgan fingerprint density at radius 3 is 2.18 bits per heavy atom. The van der Waals surface area contributed by atoms with E-state index < -0.39 is 0 Å². The highest BCUT2D eigenvalue weighted by Gasteiger charge is 2.21. The second-order valence-corrected chi connectivity index (χ2v) is 8.11. The van der Waals surface area contributed by atoms with Gasteiger partial charge in [-0.2, -0.15) is 0 Å². The van der Waals surface area contributed by atoms with E-state index in [1.165, 1.54) is 12.1 Å². The van der Waals surface area contributed by atoms with Gasteiger partial charge in [0.25, 0.3) is 0 Å². The number of amides is 3. The molecule has 0 unspecified atom stereocenters. The number of carbonyl (C=O) groups excluding carboxylic acids is 2. The van der Waals surface area contributed by atoms with E-state index in [1.807, 2.05) is 60.4 Å². The maximum atomic E-state index is 13.0. The largest absolute Gasteiger partial charge is 0.368 e. The van der Waals surface area contributed by atoms with E-state index in [-0.39, 0.29) is 24.2 Å². The standard InChI is InChI=1S/C26H27FN4O2/c1-19-4-2-3-5-24(19)29-26(33)28-22-10-12-23(13-11-22)30-14-16-31(17-15-30)25(32)18-20-6-8-21(27)9-7-20/h2-13H,14-18H2,1H3,(H2,28,29,33). The van der Waals surface area contributed by atoms with Gasteiger partial charge in [-0.1, -0.05) is 30.3 Å². The van der Waals surface area contributed by atoms with Crippen molar-refractivity contribution in [3.63, 3.8) is 0 Å². The van der Waals surface area contributed by atoms with Crippen molar-refractivity contribution in [1.29, 1.82) is 0 Å². The molecule has 0 aliphatic carbocycles. The molecule has 2 N–H and O–H groups in total. The minimum Gasteiger partial charge on any atom is -0.368 e. The lowest BCUT2D eigenvalue weighted by atomic mass is 10.1. The lowest BCUT2D eigenvalue weighted by Gasteiger charge is -2.36. The summed E-state index contributed by atoms with van der Waals surface area (Å²) >= 11 is 0. The topological polar surface area (TPSA) is 64.7 Å². The van der Waals surface area contributed by atoms with Crippen molar-refractivity contribution in [2.75, 3.05) is 41.7 Å². The predicted molar refractivity (Wildman–Crippen MR) is 129 cm³/mol. The predicted octanol–water partition coefficient (Wildman–Crippen LogP) is 4.67. The van der Waals surface area contributed by atoms with Crippen molar-refractivity contribution in [3.05, 3.63) is 89.7 Å². The SMILES string of the molecule is Cc1ccccc1NC(=O)Nc1ccc(N2CCN(C(=O)Cc3ccc(F)cc3)CC2)cc1. The number of para-hydroxylation sites is 1. The molecule has 3 aromatic rings. The molecule has 0 radical (unpaired) electrons. The average molecular weight is 447 g/mol. The van der Waals surface area contributed by atoms with Crippen LogP contribution in [0.5, 0.6) is 0 Å². The Labute approximate surface area is 193 Å². The first-order valence-corrected chi connectivity index (χ1v) is 11.0. The van der Waals surface area contributed by atoms with Gasteiger partial charge in [0, 0.05) is 43.2 Å². The number of benzene rings is 3. The normalized spacial score (nSPS) is 13.5. The highest BCUT2D eigenvalue weighted by molar-refractivity contribution is 6.00. The Hall–Kier alpha value is -3.87. The molecular formula is C26H27FN4O2. The van der Waals surface area contributed by atoms with Gasteiger partial charge in [-0.25, -0.2) is 9.18 Å². The smallest absolute Gasteiger partial charge is 0.323 e. The van der Waals surface area contributed by atoms with Crippen LogP contribution < -0.4 is 15.5 Å². The Balaban J connectivity index is 1.26. The molecule has 0 bridgehead atoms. The molecule has 3 amide bonds. The number of urea groups is 1. The zero-order chi connectivity index (χ0) is 23.2. The number of carbonyl (C=O) groups is 2. The van der Waals surface area contributed by atoms with E-state index in [0.717, 1.165) is 35.6 Å². The Kier molecular flexibility index (Phi) is 6.88. The summed E-state index contributed by atoms with van der Waals surface area (Å²) in [5.74, 6) is -0.242. The van der Waals surface area contributed by atoms with Crippen LogP contribution in [-0.2, 0) is 11.2 Å². The first-order chi connectivity index (χ1) is 16.0. The molecule has 1 heterocycles. The van der Waals surface area contributed by atoms with Crippen LogP contribution in [0.4, 0.5) is 26.2 Å². The van der Waals surface area contributed by atoms with Gasteiger partial charge in [-0.3, -0.25) is 4.79 Å². The number of nitrogens with one attached hydrogen (secondary N) is 2. The number of halogens is 1. The van der Waals surface area contributed by atoms with Crippen LogP contribution in [0.3, 0.4) is 0 Å². The third kappa shape index (κ3) is 5.88. The molecule has 0 atom stereocenters. The first-order valence-electron chi connectivity index (χ1n) is 11.0. The minimum atomic E-state index is -0.298. The van der Waals surface area contributed by atoms with Crippen molar-refractivity contribution in [2.45, 2.75) is 13.3 Å². The van der Waals surface area contributed by atoms with Gasteiger partial charge >= 0.3 is 6.03 Å².